The van der Waals surface area contributed by atoms with Gasteiger partial charge in [0.15, 0.2) is 8.32 Å². The molecule has 1 N–H and O–H groups in total. The van der Waals surface area contributed by atoms with E-state index < -0.39 is 16.4 Å². The van der Waals surface area contributed by atoms with Gasteiger partial charge in [-0.2, -0.15) is 0 Å². The first-order chi connectivity index (χ1) is 13.3. The molecule has 0 saturated carbocycles. The second kappa shape index (κ2) is 11.0. The lowest BCUT2D eigenvalue weighted by Gasteiger charge is -2.41. The maximum Gasteiger partial charge on any atom is 0.192 e. The van der Waals surface area contributed by atoms with Crippen LogP contribution in [-0.2, 0) is 11.0 Å². The number of nitrogens with one attached hydrogen (secondary N) is 1. The Kier molecular flexibility index (Phi) is 9.88. The first-order valence-corrected chi connectivity index (χ1v) is 17.7. The van der Waals surface area contributed by atoms with Crippen LogP contribution in [0.4, 0.5) is 0 Å². The van der Waals surface area contributed by atoms with Gasteiger partial charge in [-0.3, -0.25) is 0 Å². The van der Waals surface area contributed by atoms with Gasteiger partial charge in [0, 0.05) is 18.5 Å². The third kappa shape index (κ3) is 9.21. The Balaban J connectivity index is 3.14. The molecule has 0 heterocycles. The third-order valence-corrected chi connectivity index (χ3v) is 11.3. The van der Waals surface area contributed by atoms with Crippen LogP contribution in [0.5, 0.6) is 0 Å². The molecule has 2 nitrogen and oxygen atoms in total. The molecule has 0 fully saturated rings. The van der Waals surface area contributed by atoms with E-state index in [4.69, 9.17) is 4.43 Å². The Bertz CT molecular complexity index is 662. The van der Waals surface area contributed by atoms with E-state index in [-0.39, 0.29) is 17.2 Å². The molecular weight excluding hydrogens is 386 g/mol. The zero-order valence-electron chi connectivity index (χ0n) is 20.6. The minimum atomic E-state index is -1.85. The van der Waals surface area contributed by atoms with Crippen LogP contribution in [0.1, 0.15) is 53.0 Å². The highest BCUT2D eigenvalue weighted by Gasteiger charge is 2.40. The van der Waals surface area contributed by atoms with Crippen molar-refractivity contribution in [1.82, 2.24) is 5.32 Å². The molecule has 0 saturated heterocycles. The summed E-state index contributed by atoms with van der Waals surface area (Å²) in [5.74, 6) is 4.00. The predicted molar refractivity (Wildman–Crippen MR) is 134 cm³/mol. The summed E-state index contributed by atoms with van der Waals surface area (Å²) in [6.45, 7) is 24.0. The lowest BCUT2D eigenvalue weighted by Crippen LogP contribution is -2.51. The van der Waals surface area contributed by atoms with Gasteiger partial charge in [0.05, 0.1) is 6.10 Å². The second-order valence-electron chi connectivity index (χ2n) is 10.9. The Morgan fingerprint density at radius 3 is 2.10 bits per heavy atom. The number of benzene rings is 1. The van der Waals surface area contributed by atoms with Gasteiger partial charge in [0.1, 0.15) is 8.07 Å². The highest BCUT2D eigenvalue weighted by atomic mass is 28.4. The van der Waals surface area contributed by atoms with Crippen LogP contribution in [0.25, 0.3) is 0 Å². The van der Waals surface area contributed by atoms with Gasteiger partial charge >= 0.3 is 0 Å². The molecule has 0 spiro atoms. The summed E-state index contributed by atoms with van der Waals surface area (Å²) in [6.07, 6.45) is 2.38. The summed E-state index contributed by atoms with van der Waals surface area (Å²) in [5, 5.41) is 4.05. The molecule has 1 aromatic carbocycles. The molecule has 0 aliphatic rings. The summed E-state index contributed by atoms with van der Waals surface area (Å²) in [5.41, 5.74) is 4.95. The fourth-order valence-electron chi connectivity index (χ4n) is 3.14. The summed E-state index contributed by atoms with van der Waals surface area (Å²) in [4.78, 5) is 0. The quantitative estimate of drug-likeness (QED) is 0.341. The molecular formula is C25H45NOSi2. The van der Waals surface area contributed by atoms with E-state index in [1.54, 1.807) is 0 Å². The molecule has 164 valence electrons. The van der Waals surface area contributed by atoms with E-state index in [1.165, 1.54) is 5.56 Å². The molecule has 0 radical (unpaired) electrons. The van der Waals surface area contributed by atoms with Crippen LogP contribution in [0, 0.1) is 17.4 Å². The second-order valence-corrected chi connectivity index (χ2v) is 20.4. The maximum atomic E-state index is 6.83. The largest absolute Gasteiger partial charge is 0.413 e. The van der Waals surface area contributed by atoms with Crippen LogP contribution in [-0.4, -0.2) is 28.5 Å². The van der Waals surface area contributed by atoms with Crippen LogP contribution in [0.3, 0.4) is 0 Å². The summed E-state index contributed by atoms with van der Waals surface area (Å²) < 4.78 is 6.83. The van der Waals surface area contributed by atoms with Crippen molar-refractivity contribution in [2.45, 2.75) is 104 Å². The van der Waals surface area contributed by atoms with Gasteiger partial charge in [-0.1, -0.05) is 84.1 Å². The molecule has 0 amide bonds. The van der Waals surface area contributed by atoms with Crippen LogP contribution < -0.4 is 5.32 Å². The lowest BCUT2D eigenvalue weighted by molar-refractivity contribution is 0.129. The van der Waals surface area contributed by atoms with Crippen LogP contribution >= 0.6 is 0 Å². The van der Waals surface area contributed by atoms with Crippen molar-refractivity contribution in [1.29, 1.82) is 0 Å². The van der Waals surface area contributed by atoms with Gasteiger partial charge in [-0.05, 0) is 37.0 Å². The normalized spacial score (nSPS) is 15.9. The fraction of sp³-hybridized carbons (Fsp3) is 0.680. The fourth-order valence-corrected chi connectivity index (χ4v) is 5.19. The Hall–Kier alpha value is -0.866. The topological polar surface area (TPSA) is 21.3 Å². The van der Waals surface area contributed by atoms with E-state index in [2.05, 4.69) is 114 Å². The first kappa shape index (κ1) is 26.2. The molecule has 0 bridgehead atoms. The Labute approximate surface area is 183 Å². The summed E-state index contributed by atoms with van der Waals surface area (Å²) in [7, 11) is -3.26. The molecule has 4 heteroatoms. The minimum Gasteiger partial charge on any atom is -0.413 e. The van der Waals surface area contributed by atoms with E-state index in [0.29, 0.717) is 5.92 Å². The highest BCUT2D eigenvalue weighted by Crippen LogP contribution is 2.38. The summed E-state index contributed by atoms with van der Waals surface area (Å²) in [6, 6.07) is 10.9. The van der Waals surface area contributed by atoms with Crippen molar-refractivity contribution in [2.24, 2.45) is 5.92 Å². The van der Waals surface area contributed by atoms with Crippen molar-refractivity contribution in [3.63, 3.8) is 0 Å². The van der Waals surface area contributed by atoms with E-state index in [0.717, 1.165) is 19.4 Å². The maximum absolute atomic E-state index is 6.83. The van der Waals surface area contributed by atoms with Gasteiger partial charge in [-0.25, -0.2) is 0 Å². The van der Waals surface area contributed by atoms with Gasteiger partial charge in [0.25, 0.3) is 0 Å². The van der Waals surface area contributed by atoms with Crippen molar-refractivity contribution >= 4 is 16.4 Å². The summed E-state index contributed by atoms with van der Waals surface area (Å²) >= 11 is 0. The molecule has 29 heavy (non-hydrogen) atoms. The van der Waals surface area contributed by atoms with Gasteiger partial charge in [-0.15, -0.1) is 11.5 Å². The molecule has 1 aromatic rings. The van der Waals surface area contributed by atoms with Gasteiger partial charge < -0.3 is 9.74 Å². The van der Waals surface area contributed by atoms with E-state index in [9.17, 15) is 0 Å². The number of rotatable bonds is 9. The Morgan fingerprint density at radius 1 is 1.03 bits per heavy atom. The molecule has 0 aromatic heterocycles. The molecule has 0 aliphatic heterocycles. The number of hydrogen-bond donors (Lipinski definition) is 1. The average molecular weight is 432 g/mol. The number of hydrogen-bond acceptors (Lipinski definition) is 2. The molecule has 3 atom stereocenters. The van der Waals surface area contributed by atoms with Crippen LogP contribution in [0.15, 0.2) is 30.3 Å². The average Bonchev–Trinajstić information content (AvgIpc) is 2.58. The van der Waals surface area contributed by atoms with Gasteiger partial charge in [0.2, 0.25) is 0 Å². The molecule has 1 rings (SSSR count). The van der Waals surface area contributed by atoms with Crippen molar-refractivity contribution in [3.05, 3.63) is 35.9 Å². The predicted octanol–water partition coefficient (Wildman–Crippen LogP) is 6.85. The highest BCUT2D eigenvalue weighted by molar-refractivity contribution is 6.83. The van der Waals surface area contributed by atoms with Crippen molar-refractivity contribution < 1.29 is 4.43 Å². The molecule has 0 aliphatic carbocycles. The van der Waals surface area contributed by atoms with Crippen LogP contribution in [0.2, 0.25) is 37.8 Å². The SMILES string of the molecule is CCC[C@H](C#C[Si](C)(C)C)[C@@H](NCc1ccccc1)[C@H](C)O[Si](C)(C)C(C)(C)C. The smallest absolute Gasteiger partial charge is 0.192 e. The first-order valence-electron chi connectivity index (χ1n) is 11.2. The van der Waals surface area contributed by atoms with E-state index in [1.807, 2.05) is 0 Å². The lowest BCUT2D eigenvalue weighted by atomic mass is 9.92. The zero-order valence-corrected chi connectivity index (χ0v) is 22.6. The monoisotopic (exact) mass is 431 g/mol. The van der Waals surface area contributed by atoms with E-state index >= 15 is 0 Å². The standard InChI is InChI=1S/C25H45NOSi2/c1-11-15-23(18-19-28(6,7)8)24(26-20-22-16-13-12-14-17-22)21(2)27-29(9,10)25(3,4)5/h12-14,16-17,21,23-24,26H,11,15,20H2,1-10H3/t21-,23+,24-/m0/s1. The van der Waals surface area contributed by atoms with Crippen molar-refractivity contribution in [2.75, 3.05) is 0 Å². The minimum absolute atomic E-state index is 0.132. The van der Waals surface area contributed by atoms with Crippen molar-refractivity contribution in [3.8, 4) is 11.5 Å². The Morgan fingerprint density at radius 2 is 1.62 bits per heavy atom. The zero-order chi connectivity index (χ0) is 22.3. The third-order valence-electron chi connectivity index (χ3n) is 5.84. The molecule has 0 unspecified atom stereocenters.